The summed E-state index contributed by atoms with van der Waals surface area (Å²) in [4.78, 5) is 26.6. The summed E-state index contributed by atoms with van der Waals surface area (Å²) >= 11 is 0. The van der Waals surface area contributed by atoms with Gasteiger partial charge in [0.25, 0.3) is 0 Å². The van der Waals surface area contributed by atoms with Crippen molar-refractivity contribution in [3.63, 3.8) is 0 Å². The largest absolute Gasteiger partial charge is 0.494 e. The number of allylic oxidation sites excluding steroid dienone is 1. The van der Waals surface area contributed by atoms with Crippen molar-refractivity contribution >= 4 is 12.2 Å². The average Bonchev–Trinajstić information content (AvgIpc) is 3.07. The molecule has 0 radical (unpaired) electrons. The van der Waals surface area contributed by atoms with E-state index in [0.717, 1.165) is 0 Å². The van der Waals surface area contributed by atoms with Crippen LogP contribution in [0.2, 0.25) is 0 Å². The molecule has 0 aliphatic carbocycles. The lowest BCUT2D eigenvalue weighted by Crippen LogP contribution is -2.41. The van der Waals surface area contributed by atoms with E-state index in [1.807, 2.05) is 48.5 Å². The molecule has 2 rings (SSSR count). The van der Waals surface area contributed by atoms with E-state index >= 15 is 0 Å². The number of aliphatic hydroxyl groups is 1. The summed E-state index contributed by atoms with van der Waals surface area (Å²) in [6.07, 6.45) is 1.59. The molecule has 2 fully saturated rings. The van der Waals surface area contributed by atoms with Gasteiger partial charge in [-0.25, -0.2) is 9.59 Å². The molecule has 2 saturated heterocycles. The van der Waals surface area contributed by atoms with E-state index in [0.29, 0.717) is 39.5 Å². The van der Waals surface area contributed by atoms with E-state index in [1.54, 1.807) is 11.0 Å². The maximum absolute atomic E-state index is 11.9. The van der Waals surface area contributed by atoms with Gasteiger partial charge in [-0.05, 0) is 48.5 Å². The molecule has 2 atom stereocenters. The summed E-state index contributed by atoms with van der Waals surface area (Å²) in [6, 6.07) is 0. The zero-order valence-corrected chi connectivity index (χ0v) is 22.6. The number of ether oxygens (including phenoxy) is 5. The topological polar surface area (TPSA) is 107 Å². The number of hydrogen-bond acceptors (Lipinski definition) is 8. The summed E-state index contributed by atoms with van der Waals surface area (Å²) in [6.45, 7) is 23.1. The van der Waals surface area contributed by atoms with Gasteiger partial charge in [0.1, 0.15) is 17.3 Å². The number of nitrogens with zero attached hydrogens (tertiary/aromatic N) is 2. The van der Waals surface area contributed by atoms with Gasteiger partial charge in [0, 0.05) is 13.1 Å². The van der Waals surface area contributed by atoms with Crippen molar-refractivity contribution in [2.24, 2.45) is 0 Å². The molecule has 0 saturated carbocycles. The van der Waals surface area contributed by atoms with E-state index < -0.39 is 23.4 Å². The second kappa shape index (κ2) is 18.0. The fraction of sp³-hybridized carbons (Fsp3) is 0.769. The van der Waals surface area contributed by atoms with Gasteiger partial charge < -0.3 is 38.6 Å². The summed E-state index contributed by atoms with van der Waals surface area (Å²) < 4.78 is 26.2. The molecule has 2 heterocycles. The highest BCUT2D eigenvalue weighted by Gasteiger charge is 2.27. The Hall–Kier alpha value is -2.30. The molecule has 0 bridgehead atoms. The van der Waals surface area contributed by atoms with Gasteiger partial charge >= 0.3 is 12.2 Å². The Labute approximate surface area is 218 Å². The van der Waals surface area contributed by atoms with Gasteiger partial charge in [0.2, 0.25) is 0 Å². The Bertz CT molecular complexity index is 643. The van der Waals surface area contributed by atoms with Gasteiger partial charge in [-0.1, -0.05) is 20.1 Å². The Balaban J connectivity index is 0. The second-order valence-electron chi connectivity index (χ2n) is 9.99. The summed E-state index contributed by atoms with van der Waals surface area (Å²) in [5.41, 5.74) is -0.992. The smallest absolute Gasteiger partial charge is 0.410 e. The molecule has 212 valence electrons. The van der Waals surface area contributed by atoms with Crippen molar-refractivity contribution in [1.82, 2.24) is 9.80 Å². The van der Waals surface area contributed by atoms with E-state index in [4.69, 9.17) is 23.7 Å². The van der Waals surface area contributed by atoms with Crippen LogP contribution in [0, 0.1) is 0 Å². The molecule has 10 nitrogen and oxygen atoms in total. The van der Waals surface area contributed by atoms with Crippen molar-refractivity contribution in [3.8, 4) is 0 Å². The minimum absolute atomic E-state index is 0. The van der Waals surface area contributed by atoms with E-state index in [9.17, 15) is 14.7 Å². The molecule has 0 aromatic carbocycles. The zero-order valence-electron chi connectivity index (χ0n) is 22.6. The maximum atomic E-state index is 11.9. The summed E-state index contributed by atoms with van der Waals surface area (Å²) in [5, 5.41) is 9.43. The number of carbonyl (C=O) groups is 2. The average molecular weight is 519 g/mol. The SMILES string of the molecule is C.C=CC.C=COC1COCCN(C(=O)OC(C)(C)C)C1.CC(C)(C)OC(=O)N1CCOCC(O)C1. The fourth-order valence-electron chi connectivity index (χ4n) is 2.77. The van der Waals surface area contributed by atoms with Crippen LogP contribution in [0.15, 0.2) is 25.5 Å². The van der Waals surface area contributed by atoms with Crippen LogP contribution in [-0.2, 0) is 23.7 Å². The van der Waals surface area contributed by atoms with Crippen molar-refractivity contribution in [2.45, 2.75) is 79.3 Å². The highest BCUT2D eigenvalue weighted by molar-refractivity contribution is 5.68. The van der Waals surface area contributed by atoms with Crippen LogP contribution in [0.4, 0.5) is 9.59 Å². The molecule has 0 spiro atoms. The van der Waals surface area contributed by atoms with Crippen molar-refractivity contribution in [3.05, 3.63) is 25.5 Å². The highest BCUT2D eigenvalue weighted by Crippen LogP contribution is 2.13. The highest BCUT2D eigenvalue weighted by atomic mass is 16.6. The lowest BCUT2D eigenvalue weighted by molar-refractivity contribution is 0.0159. The third kappa shape index (κ3) is 18.0. The summed E-state index contributed by atoms with van der Waals surface area (Å²) in [7, 11) is 0. The normalized spacial score (nSPS) is 20.3. The lowest BCUT2D eigenvalue weighted by atomic mass is 10.2. The van der Waals surface area contributed by atoms with Gasteiger partial charge in [-0.2, -0.15) is 0 Å². The van der Waals surface area contributed by atoms with Gasteiger partial charge in [-0.3, -0.25) is 0 Å². The third-order valence-corrected chi connectivity index (χ3v) is 4.07. The summed E-state index contributed by atoms with van der Waals surface area (Å²) in [5.74, 6) is 0. The first-order valence-corrected chi connectivity index (χ1v) is 11.8. The molecule has 36 heavy (non-hydrogen) atoms. The fourth-order valence-corrected chi connectivity index (χ4v) is 2.77. The molecule has 10 heteroatoms. The monoisotopic (exact) mass is 518 g/mol. The van der Waals surface area contributed by atoms with Crippen LogP contribution in [-0.4, -0.2) is 103 Å². The van der Waals surface area contributed by atoms with Gasteiger partial charge in [0.05, 0.1) is 51.9 Å². The Kier molecular flexibility index (Phi) is 18.0. The second-order valence-corrected chi connectivity index (χ2v) is 9.99. The number of β-amino-alcohol motifs (C(OH)–C–C–N with tert-alkyl or cyclic N) is 1. The number of carbonyl (C=O) groups excluding carboxylic acids is 2. The number of hydrogen-bond donors (Lipinski definition) is 1. The molecule has 2 amide bonds. The predicted octanol–water partition coefficient (Wildman–Crippen LogP) is 4.23. The molecule has 1 N–H and O–H groups in total. The van der Waals surface area contributed by atoms with Crippen LogP contribution < -0.4 is 0 Å². The molecule has 0 aromatic heterocycles. The van der Waals surface area contributed by atoms with Crippen molar-refractivity contribution in [1.29, 1.82) is 0 Å². The number of aliphatic hydroxyl groups excluding tert-OH is 1. The minimum atomic E-state index is -0.625. The van der Waals surface area contributed by atoms with E-state index in [1.165, 1.54) is 11.2 Å². The van der Waals surface area contributed by atoms with Crippen LogP contribution in [0.25, 0.3) is 0 Å². The van der Waals surface area contributed by atoms with Crippen LogP contribution in [0.1, 0.15) is 55.9 Å². The lowest BCUT2D eigenvalue weighted by Gasteiger charge is -2.27. The van der Waals surface area contributed by atoms with Crippen LogP contribution in [0.5, 0.6) is 0 Å². The first-order chi connectivity index (χ1) is 16.2. The first-order valence-electron chi connectivity index (χ1n) is 11.8. The molecular weight excluding hydrogens is 468 g/mol. The molecule has 2 unspecified atom stereocenters. The molecule has 2 aliphatic rings. The molecule has 2 aliphatic heterocycles. The van der Waals surface area contributed by atoms with E-state index in [-0.39, 0.29) is 32.8 Å². The zero-order chi connectivity index (χ0) is 27.1. The predicted molar refractivity (Wildman–Crippen MR) is 141 cm³/mol. The quantitative estimate of drug-likeness (QED) is 0.428. The van der Waals surface area contributed by atoms with Crippen molar-refractivity contribution in [2.75, 3.05) is 52.6 Å². The van der Waals surface area contributed by atoms with Gasteiger partial charge in [-0.15, -0.1) is 6.58 Å². The minimum Gasteiger partial charge on any atom is -0.494 e. The Morgan fingerprint density at radius 3 is 1.72 bits per heavy atom. The van der Waals surface area contributed by atoms with Crippen molar-refractivity contribution < 1.29 is 38.4 Å². The third-order valence-electron chi connectivity index (χ3n) is 4.07. The Morgan fingerprint density at radius 2 is 1.31 bits per heavy atom. The van der Waals surface area contributed by atoms with E-state index in [2.05, 4.69) is 13.2 Å². The first kappa shape index (κ1) is 35.9. The van der Waals surface area contributed by atoms with Crippen LogP contribution in [0.3, 0.4) is 0 Å². The Morgan fingerprint density at radius 1 is 0.889 bits per heavy atom. The number of amides is 2. The maximum Gasteiger partial charge on any atom is 0.410 e. The standard InChI is InChI=1S/C12H21NO4.C10H19NO4.C3H6.CH4/c1-5-16-10-8-13(6-7-15-9-10)11(14)17-12(2,3)4;1-10(2,3)15-9(13)11-4-5-14-7-8(12)6-11;1-3-2;/h5,10H,1,6-9H2,2-4H3;8,12H,4-7H2,1-3H3;3H,1H2,2H3;1H4. The molecular formula is C26H50N2O8. The molecule has 0 aromatic rings. The number of rotatable bonds is 2. The van der Waals surface area contributed by atoms with Crippen LogP contribution >= 0.6 is 0 Å². The van der Waals surface area contributed by atoms with Gasteiger partial charge in [0.15, 0.2) is 0 Å².